The molecule has 3 amide bonds. The molecule has 1 unspecified atom stereocenters. The van der Waals surface area contributed by atoms with Gasteiger partial charge >= 0.3 is 6.18 Å². The van der Waals surface area contributed by atoms with Crippen molar-refractivity contribution >= 4 is 46.5 Å². The lowest BCUT2D eigenvalue weighted by Gasteiger charge is -2.33. The molecule has 1 aromatic carbocycles. The van der Waals surface area contributed by atoms with E-state index in [0.29, 0.717) is 23.6 Å². The molecule has 31 heavy (non-hydrogen) atoms. The van der Waals surface area contributed by atoms with Crippen molar-refractivity contribution in [3.63, 3.8) is 0 Å². The molecule has 2 saturated heterocycles. The SMILES string of the molecule is O=C(CN1CCCC(C(F)(F)F)C1)NCCN1C(=O)S/C(=C\c2ccccc2Cl)C1=O. The van der Waals surface area contributed by atoms with E-state index in [4.69, 9.17) is 11.6 Å². The van der Waals surface area contributed by atoms with Crippen LogP contribution >= 0.6 is 23.4 Å². The van der Waals surface area contributed by atoms with Crippen molar-refractivity contribution in [2.75, 3.05) is 32.7 Å². The molecule has 0 aliphatic carbocycles. The number of nitrogens with zero attached hydrogens (tertiary/aromatic N) is 2. The Kier molecular flexibility index (Phi) is 7.66. The summed E-state index contributed by atoms with van der Waals surface area (Å²) in [6, 6.07) is 6.91. The summed E-state index contributed by atoms with van der Waals surface area (Å²) in [5.41, 5.74) is 0.613. The van der Waals surface area contributed by atoms with E-state index < -0.39 is 29.1 Å². The van der Waals surface area contributed by atoms with E-state index in [0.717, 1.165) is 16.7 Å². The molecule has 3 rings (SSSR count). The quantitative estimate of drug-likeness (QED) is 0.634. The van der Waals surface area contributed by atoms with Crippen molar-refractivity contribution in [3.05, 3.63) is 39.8 Å². The highest BCUT2D eigenvalue weighted by atomic mass is 35.5. The van der Waals surface area contributed by atoms with Gasteiger partial charge in [0.25, 0.3) is 11.1 Å². The lowest BCUT2D eigenvalue weighted by molar-refractivity contribution is -0.187. The summed E-state index contributed by atoms with van der Waals surface area (Å²) in [4.78, 5) is 39.5. The minimum Gasteiger partial charge on any atom is -0.353 e. The molecule has 2 aliphatic heterocycles. The highest BCUT2D eigenvalue weighted by Crippen LogP contribution is 2.34. The summed E-state index contributed by atoms with van der Waals surface area (Å²) in [6.07, 6.45) is -2.27. The van der Waals surface area contributed by atoms with Gasteiger partial charge in [0.2, 0.25) is 5.91 Å². The monoisotopic (exact) mass is 475 g/mol. The van der Waals surface area contributed by atoms with E-state index >= 15 is 0 Å². The Morgan fingerprint density at radius 1 is 1.29 bits per heavy atom. The molecule has 1 N–H and O–H groups in total. The predicted octanol–water partition coefficient (Wildman–Crippen LogP) is 3.77. The van der Waals surface area contributed by atoms with Gasteiger partial charge in [-0.25, -0.2) is 0 Å². The molecule has 0 aromatic heterocycles. The summed E-state index contributed by atoms with van der Waals surface area (Å²) in [6.45, 7) is 0.0674. The van der Waals surface area contributed by atoms with Gasteiger partial charge < -0.3 is 5.32 Å². The third-order valence-corrected chi connectivity index (χ3v) is 6.31. The number of imide groups is 1. The zero-order chi connectivity index (χ0) is 22.6. The Morgan fingerprint density at radius 2 is 2.03 bits per heavy atom. The Morgan fingerprint density at radius 3 is 2.74 bits per heavy atom. The van der Waals surface area contributed by atoms with Crippen LogP contribution in [0.15, 0.2) is 29.2 Å². The number of halogens is 4. The zero-order valence-electron chi connectivity index (χ0n) is 16.5. The first-order chi connectivity index (χ1) is 14.6. The van der Waals surface area contributed by atoms with E-state index in [9.17, 15) is 27.6 Å². The maximum atomic E-state index is 12.9. The number of benzene rings is 1. The van der Waals surface area contributed by atoms with Gasteiger partial charge in [-0.2, -0.15) is 13.2 Å². The molecular formula is C20H21ClF3N3O3S. The van der Waals surface area contributed by atoms with Crippen LogP contribution in [0.25, 0.3) is 6.08 Å². The van der Waals surface area contributed by atoms with Gasteiger partial charge in [0.15, 0.2) is 0 Å². The Labute approximate surface area is 186 Å². The fourth-order valence-corrected chi connectivity index (χ4v) is 4.50. The number of piperidine rings is 1. The first kappa shape index (κ1) is 23.6. The summed E-state index contributed by atoms with van der Waals surface area (Å²) >= 11 is 6.87. The second-order valence-corrected chi connectivity index (χ2v) is 8.72. The molecule has 0 saturated carbocycles. The normalized spacial score (nSPS) is 21.7. The highest BCUT2D eigenvalue weighted by Gasteiger charge is 2.42. The summed E-state index contributed by atoms with van der Waals surface area (Å²) in [5, 5.41) is 2.56. The van der Waals surface area contributed by atoms with Crippen LogP contribution in [-0.2, 0) is 9.59 Å². The predicted molar refractivity (Wildman–Crippen MR) is 112 cm³/mol. The number of hydrogen-bond acceptors (Lipinski definition) is 5. The fourth-order valence-electron chi connectivity index (χ4n) is 3.46. The zero-order valence-corrected chi connectivity index (χ0v) is 18.0. The smallest absolute Gasteiger partial charge is 0.353 e. The Bertz CT molecular complexity index is 894. The Balaban J connectivity index is 1.48. The second-order valence-electron chi connectivity index (χ2n) is 7.32. The summed E-state index contributed by atoms with van der Waals surface area (Å²) < 4.78 is 38.6. The number of rotatable bonds is 6. The molecule has 2 heterocycles. The molecule has 2 aliphatic rings. The van der Waals surface area contributed by atoms with Gasteiger partial charge in [0.05, 0.1) is 17.4 Å². The van der Waals surface area contributed by atoms with Crippen LogP contribution in [0.3, 0.4) is 0 Å². The molecule has 2 fully saturated rings. The lowest BCUT2D eigenvalue weighted by atomic mass is 9.97. The summed E-state index contributed by atoms with van der Waals surface area (Å²) in [7, 11) is 0. The third kappa shape index (κ3) is 6.24. The molecule has 11 heteroatoms. The van der Waals surface area contributed by atoms with Crippen LogP contribution in [0, 0.1) is 5.92 Å². The van der Waals surface area contributed by atoms with Crippen molar-refractivity contribution in [2.45, 2.75) is 19.0 Å². The van der Waals surface area contributed by atoms with E-state index in [-0.39, 0.29) is 37.5 Å². The average Bonchev–Trinajstić information content (AvgIpc) is 2.96. The van der Waals surface area contributed by atoms with Crippen LogP contribution in [0.2, 0.25) is 5.02 Å². The molecule has 0 bridgehead atoms. The maximum absolute atomic E-state index is 12.9. The average molecular weight is 476 g/mol. The minimum atomic E-state index is -4.27. The van der Waals surface area contributed by atoms with Gasteiger partial charge in [0.1, 0.15) is 0 Å². The van der Waals surface area contributed by atoms with Gasteiger partial charge in [-0.05, 0) is 48.9 Å². The highest BCUT2D eigenvalue weighted by molar-refractivity contribution is 8.18. The van der Waals surface area contributed by atoms with Crippen LogP contribution < -0.4 is 5.32 Å². The molecule has 1 atom stereocenters. The van der Waals surface area contributed by atoms with Crippen LogP contribution in [0.5, 0.6) is 0 Å². The van der Waals surface area contributed by atoms with Crippen LogP contribution in [0.1, 0.15) is 18.4 Å². The van der Waals surface area contributed by atoms with E-state index in [1.54, 1.807) is 30.3 Å². The number of thioether (sulfide) groups is 1. The van der Waals surface area contributed by atoms with Crippen molar-refractivity contribution in [1.82, 2.24) is 15.1 Å². The number of alkyl halides is 3. The molecular weight excluding hydrogens is 455 g/mol. The van der Waals surface area contributed by atoms with Gasteiger partial charge in [-0.3, -0.25) is 24.2 Å². The topological polar surface area (TPSA) is 69.7 Å². The number of nitrogens with one attached hydrogen (secondary N) is 1. The van der Waals surface area contributed by atoms with Crippen molar-refractivity contribution in [3.8, 4) is 0 Å². The molecule has 1 aromatic rings. The van der Waals surface area contributed by atoms with Gasteiger partial charge in [0, 0.05) is 24.7 Å². The van der Waals surface area contributed by atoms with E-state index in [1.807, 2.05) is 0 Å². The lowest BCUT2D eigenvalue weighted by Crippen LogP contribution is -2.47. The molecule has 0 spiro atoms. The maximum Gasteiger partial charge on any atom is 0.393 e. The number of hydrogen-bond donors (Lipinski definition) is 1. The van der Waals surface area contributed by atoms with Crippen LogP contribution in [-0.4, -0.2) is 65.8 Å². The number of amides is 3. The van der Waals surface area contributed by atoms with Gasteiger partial charge in [-0.15, -0.1) is 0 Å². The van der Waals surface area contributed by atoms with E-state index in [1.165, 1.54) is 4.90 Å². The van der Waals surface area contributed by atoms with Crippen LogP contribution in [0.4, 0.5) is 18.0 Å². The molecule has 0 radical (unpaired) electrons. The van der Waals surface area contributed by atoms with Crippen molar-refractivity contribution in [1.29, 1.82) is 0 Å². The standard InChI is InChI=1S/C20H21ClF3N3O3S/c21-15-6-2-1-4-13(15)10-16-18(29)27(19(30)31-16)9-7-25-17(28)12-26-8-3-5-14(11-26)20(22,23)24/h1-2,4,6,10,14H,3,5,7-9,11-12H2,(H,25,28)/b16-10-. The molecule has 168 valence electrons. The summed E-state index contributed by atoms with van der Waals surface area (Å²) in [5.74, 6) is -2.34. The molecule has 6 nitrogen and oxygen atoms in total. The Hall–Kier alpha value is -2.04. The van der Waals surface area contributed by atoms with Crippen molar-refractivity contribution in [2.24, 2.45) is 5.92 Å². The number of likely N-dealkylation sites (tertiary alicyclic amines) is 1. The fraction of sp³-hybridized carbons (Fsp3) is 0.450. The van der Waals surface area contributed by atoms with Gasteiger partial charge in [-0.1, -0.05) is 29.8 Å². The minimum absolute atomic E-state index is 0.0206. The second kappa shape index (κ2) is 10.1. The third-order valence-electron chi connectivity index (χ3n) is 5.06. The number of carbonyl (C=O) groups excluding carboxylic acids is 3. The first-order valence-electron chi connectivity index (χ1n) is 9.71. The van der Waals surface area contributed by atoms with E-state index in [2.05, 4.69) is 5.32 Å². The first-order valence-corrected chi connectivity index (χ1v) is 10.9. The van der Waals surface area contributed by atoms with Crippen molar-refractivity contribution < 1.29 is 27.6 Å². The largest absolute Gasteiger partial charge is 0.393 e. The number of carbonyl (C=O) groups is 3.